The maximum Gasteiger partial charge on any atom is 0.168 e. The lowest BCUT2D eigenvalue weighted by molar-refractivity contribution is -0.696. The lowest BCUT2D eigenvalue weighted by atomic mass is 10.0. The fourth-order valence-electron chi connectivity index (χ4n) is 3.79. The Morgan fingerprint density at radius 1 is 0.500 bits per heavy atom. The van der Waals surface area contributed by atoms with E-state index < -0.39 is 0 Å². The Balaban J connectivity index is 1.67. The predicted octanol–water partition coefficient (Wildman–Crippen LogP) is 8.36. The SMILES string of the molecule is CCCCCCCCCCCCCCCCCCSCCC[n+]1ccccc1. The van der Waals surface area contributed by atoms with Crippen LogP contribution >= 0.6 is 11.8 Å². The highest BCUT2D eigenvalue weighted by atomic mass is 32.2. The lowest BCUT2D eigenvalue weighted by Gasteiger charge is -2.04. The van der Waals surface area contributed by atoms with Gasteiger partial charge >= 0.3 is 0 Å². The van der Waals surface area contributed by atoms with Crippen molar-refractivity contribution in [1.29, 1.82) is 0 Å². The molecule has 0 saturated heterocycles. The van der Waals surface area contributed by atoms with Crippen molar-refractivity contribution >= 4 is 11.8 Å². The van der Waals surface area contributed by atoms with Crippen LogP contribution in [0.3, 0.4) is 0 Å². The van der Waals surface area contributed by atoms with E-state index in [0.717, 1.165) is 6.54 Å². The van der Waals surface area contributed by atoms with E-state index in [-0.39, 0.29) is 0 Å². The van der Waals surface area contributed by atoms with E-state index >= 15 is 0 Å². The number of unbranched alkanes of at least 4 members (excludes halogenated alkanes) is 15. The molecule has 0 unspecified atom stereocenters. The van der Waals surface area contributed by atoms with Gasteiger partial charge in [-0.15, -0.1) is 0 Å². The Morgan fingerprint density at radius 3 is 1.43 bits per heavy atom. The Morgan fingerprint density at radius 2 is 0.929 bits per heavy atom. The van der Waals surface area contributed by atoms with Crippen LogP contribution in [0.2, 0.25) is 0 Å². The molecular weight excluding hydrogens is 358 g/mol. The van der Waals surface area contributed by atoms with Gasteiger partial charge < -0.3 is 0 Å². The summed E-state index contributed by atoms with van der Waals surface area (Å²) in [5.74, 6) is 2.67. The third kappa shape index (κ3) is 17.6. The topological polar surface area (TPSA) is 3.88 Å². The molecule has 1 nitrogen and oxygen atoms in total. The van der Waals surface area contributed by atoms with Crippen LogP contribution in [-0.2, 0) is 6.54 Å². The van der Waals surface area contributed by atoms with Gasteiger partial charge in [0.2, 0.25) is 0 Å². The van der Waals surface area contributed by atoms with Gasteiger partial charge in [-0.1, -0.05) is 109 Å². The number of nitrogens with zero attached hydrogens (tertiary/aromatic N) is 1. The van der Waals surface area contributed by atoms with Crippen LogP contribution in [0.25, 0.3) is 0 Å². The predicted molar refractivity (Wildman–Crippen MR) is 128 cm³/mol. The molecule has 1 aromatic rings. The Hall–Kier alpha value is -0.500. The Kier molecular flexibility index (Phi) is 19.3. The van der Waals surface area contributed by atoms with Gasteiger partial charge in [-0.25, -0.2) is 4.57 Å². The van der Waals surface area contributed by atoms with Crippen molar-refractivity contribution in [3.05, 3.63) is 30.6 Å². The van der Waals surface area contributed by atoms with Gasteiger partial charge in [0.15, 0.2) is 12.4 Å². The van der Waals surface area contributed by atoms with Crippen LogP contribution < -0.4 is 4.57 Å². The van der Waals surface area contributed by atoms with Crippen LogP contribution in [0.1, 0.15) is 116 Å². The van der Waals surface area contributed by atoms with E-state index in [1.807, 2.05) is 0 Å². The fourth-order valence-corrected chi connectivity index (χ4v) is 4.73. The normalized spacial score (nSPS) is 11.2. The van der Waals surface area contributed by atoms with Crippen molar-refractivity contribution in [2.24, 2.45) is 0 Å². The number of aryl methyl sites for hydroxylation is 1. The maximum absolute atomic E-state index is 2.30. The summed E-state index contributed by atoms with van der Waals surface area (Å²) in [5, 5.41) is 0. The Labute approximate surface area is 181 Å². The first-order valence-corrected chi connectivity index (χ1v) is 13.6. The number of thioether (sulfide) groups is 1. The van der Waals surface area contributed by atoms with E-state index in [9.17, 15) is 0 Å². The molecule has 0 aromatic carbocycles. The number of hydrogen-bond donors (Lipinski definition) is 0. The van der Waals surface area contributed by atoms with Crippen LogP contribution in [0.4, 0.5) is 0 Å². The monoisotopic (exact) mass is 406 g/mol. The zero-order valence-electron chi connectivity index (χ0n) is 18.9. The van der Waals surface area contributed by atoms with Crippen molar-refractivity contribution in [1.82, 2.24) is 0 Å². The molecule has 1 aromatic heterocycles. The minimum Gasteiger partial charge on any atom is -0.205 e. The highest BCUT2D eigenvalue weighted by Crippen LogP contribution is 2.14. The summed E-state index contributed by atoms with van der Waals surface area (Å²) < 4.78 is 2.29. The van der Waals surface area contributed by atoms with Crippen molar-refractivity contribution < 1.29 is 4.57 Å². The molecule has 0 fully saturated rings. The number of rotatable bonds is 21. The van der Waals surface area contributed by atoms with Crippen molar-refractivity contribution in [3.63, 3.8) is 0 Å². The summed E-state index contributed by atoms with van der Waals surface area (Å²) >= 11 is 2.15. The first kappa shape index (κ1) is 25.5. The molecule has 0 radical (unpaired) electrons. The minimum atomic E-state index is 1.16. The van der Waals surface area contributed by atoms with Crippen LogP contribution in [-0.4, -0.2) is 11.5 Å². The van der Waals surface area contributed by atoms with E-state index in [0.29, 0.717) is 0 Å². The molecule has 0 aliphatic heterocycles. The molecule has 0 aliphatic rings. The van der Waals surface area contributed by atoms with E-state index in [4.69, 9.17) is 0 Å². The molecule has 0 bridgehead atoms. The standard InChI is InChI=1S/C26H48NS/c1-2-3-4-5-6-7-8-9-10-11-12-13-14-15-16-20-25-28-26-21-24-27-22-18-17-19-23-27/h17-19,22-23H,2-16,20-21,24-26H2,1H3/q+1. The van der Waals surface area contributed by atoms with Crippen molar-refractivity contribution in [2.75, 3.05) is 11.5 Å². The second-order valence-corrected chi connectivity index (χ2v) is 9.61. The third-order valence-corrected chi connectivity index (χ3v) is 6.78. The highest BCUT2D eigenvalue weighted by Gasteiger charge is 1.98. The van der Waals surface area contributed by atoms with Gasteiger partial charge in [-0.3, -0.25) is 0 Å². The Bertz CT molecular complexity index is 406. The summed E-state index contributed by atoms with van der Waals surface area (Å²) in [7, 11) is 0. The second-order valence-electron chi connectivity index (χ2n) is 8.38. The first-order valence-electron chi connectivity index (χ1n) is 12.5. The van der Waals surface area contributed by atoms with Gasteiger partial charge in [0.25, 0.3) is 0 Å². The zero-order chi connectivity index (χ0) is 20.0. The molecule has 0 aliphatic carbocycles. The molecule has 0 atom stereocenters. The first-order chi connectivity index (χ1) is 13.9. The molecule has 0 saturated carbocycles. The van der Waals surface area contributed by atoms with Gasteiger partial charge in [0.05, 0.1) is 0 Å². The third-order valence-electron chi connectivity index (χ3n) is 5.62. The average molecular weight is 407 g/mol. The zero-order valence-corrected chi connectivity index (χ0v) is 19.7. The van der Waals surface area contributed by atoms with E-state index in [1.54, 1.807) is 0 Å². The molecule has 1 heterocycles. The molecule has 28 heavy (non-hydrogen) atoms. The van der Waals surface area contributed by atoms with E-state index in [1.165, 1.54) is 121 Å². The summed E-state index contributed by atoms with van der Waals surface area (Å²) in [4.78, 5) is 0. The second kappa shape index (κ2) is 21.2. The maximum atomic E-state index is 2.30. The molecule has 0 spiro atoms. The van der Waals surface area contributed by atoms with Crippen LogP contribution in [0, 0.1) is 0 Å². The molecule has 1 rings (SSSR count). The number of aromatic nitrogens is 1. The number of pyridine rings is 1. The molecule has 2 heteroatoms. The van der Waals surface area contributed by atoms with Crippen LogP contribution in [0.5, 0.6) is 0 Å². The molecule has 0 N–H and O–H groups in total. The highest BCUT2D eigenvalue weighted by molar-refractivity contribution is 7.99. The van der Waals surface area contributed by atoms with Crippen molar-refractivity contribution in [3.8, 4) is 0 Å². The van der Waals surface area contributed by atoms with Gasteiger partial charge in [0.1, 0.15) is 6.54 Å². The lowest BCUT2D eigenvalue weighted by Crippen LogP contribution is -2.32. The van der Waals surface area contributed by atoms with Gasteiger partial charge in [-0.2, -0.15) is 11.8 Å². The van der Waals surface area contributed by atoms with Crippen molar-refractivity contribution in [2.45, 2.75) is 123 Å². The summed E-state index contributed by atoms with van der Waals surface area (Å²) in [5.41, 5.74) is 0. The smallest absolute Gasteiger partial charge is 0.168 e. The van der Waals surface area contributed by atoms with Gasteiger partial charge in [-0.05, 0) is 17.9 Å². The number of hydrogen-bond acceptors (Lipinski definition) is 1. The van der Waals surface area contributed by atoms with E-state index in [2.05, 4.69) is 53.8 Å². The molecule has 0 amide bonds. The molecular formula is C26H48NS+. The molecule has 162 valence electrons. The van der Waals surface area contributed by atoms with Gasteiger partial charge in [0, 0.05) is 18.6 Å². The fraction of sp³-hybridized carbons (Fsp3) is 0.808. The van der Waals surface area contributed by atoms with Crippen LogP contribution in [0.15, 0.2) is 30.6 Å². The summed E-state index contributed by atoms with van der Waals surface area (Å²) in [6, 6.07) is 6.32. The quantitative estimate of drug-likeness (QED) is 0.146. The summed E-state index contributed by atoms with van der Waals surface area (Å²) in [6.07, 6.45) is 29.0. The minimum absolute atomic E-state index is 1.16. The average Bonchev–Trinajstić information content (AvgIpc) is 2.73. The largest absolute Gasteiger partial charge is 0.205 e. The summed E-state index contributed by atoms with van der Waals surface area (Å²) in [6.45, 7) is 3.46.